The van der Waals surface area contributed by atoms with E-state index in [-0.39, 0.29) is 33.1 Å². The number of sulfone groups is 1. The van der Waals surface area contributed by atoms with Crippen LogP contribution in [0.15, 0.2) is 58.6 Å². The molecule has 32 heavy (non-hydrogen) atoms. The van der Waals surface area contributed by atoms with Crippen LogP contribution >= 0.6 is 11.8 Å². The molecule has 0 unspecified atom stereocenters. The molecule has 1 heterocycles. The average molecular weight is 485 g/mol. The van der Waals surface area contributed by atoms with Crippen molar-refractivity contribution in [1.82, 2.24) is 14.8 Å². The molecule has 0 spiro atoms. The van der Waals surface area contributed by atoms with Crippen LogP contribution in [0.2, 0.25) is 0 Å². The summed E-state index contributed by atoms with van der Waals surface area (Å²) in [6.07, 6.45) is -4.60. The van der Waals surface area contributed by atoms with Crippen molar-refractivity contribution >= 4 is 33.2 Å². The Balaban J connectivity index is 1.65. The molecule has 0 aliphatic rings. The highest BCUT2D eigenvalue weighted by atomic mass is 32.2. The number of benzene rings is 2. The third-order valence-corrected chi connectivity index (χ3v) is 7.11. The van der Waals surface area contributed by atoms with Crippen molar-refractivity contribution in [2.75, 3.05) is 11.1 Å². The second-order valence-electron chi connectivity index (χ2n) is 6.91. The summed E-state index contributed by atoms with van der Waals surface area (Å²) in [5, 5.41) is 10.3. The fraction of sp³-hybridized carbons (Fsp3) is 0.250. The van der Waals surface area contributed by atoms with E-state index < -0.39 is 27.5 Å². The summed E-state index contributed by atoms with van der Waals surface area (Å²) >= 11 is 0.934. The minimum atomic E-state index is -4.60. The highest BCUT2D eigenvalue weighted by molar-refractivity contribution is 7.99. The maximum Gasteiger partial charge on any atom is 0.418 e. The molecule has 1 amide bonds. The maximum atomic E-state index is 13.1. The number of halogens is 3. The number of thioether (sulfide) groups is 1. The Labute approximate surface area is 187 Å². The molecule has 7 nitrogen and oxygen atoms in total. The molecule has 1 N–H and O–H groups in total. The zero-order valence-corrected chi connectivity index (χ0v) is 18.7. The molecule has 0 saturated carbocycles. The van der Waals surface area contributed by atoms with E-state index in [4.69, 9.17) is 0 Å². The molecule has 3 rings (SSSR count). The lowest BCUT2D eigenvalue weighted by atomic mass is 10.1. The highest BCUT2D eigenvalue weighted by Crippen LogP contribution is 2.34. The number of amides is 1. The van der Waals surface area contributed by atoms with Gasteiger partial charge in [-0.3, -0.25) is 4.79 Å². The summed E-state index contributed by atoms with van der Waals surface area (Å²) < 4.78 is 65.8. The molecule has 0 fully saturated rings. The number of anilines is 1. The number of aromatic nitrogens is 3. The number of nitrogens with zero attached hydrogens (tertiary/aromatic N) is 3. The third kappa shape index (κ3) is 5.68. The van der Waals surface area contributed by atoms with Crippen molar-refractivity contribution in [3.63, 3.8) is 0 Å². The summed E-state index contributed by atoms with van der Waals surface area (Å²) in [6, 6.07) is 11.1. The standard InChI is InChI=1S/C20H19F3N4O3S2/c1-13-7-9-14(10-8-13)32(29,30)12-17-25-26-19(27(17)2)31-11-18(28)24-16-6-4-3-5-15(16)20(21,22)23/h3-10H,11-12H2,1-2H3,(H,24,28). The second kappa shape index (κ2) is 9.33. The molecule has 2 aromatic carbocycles. The first-order chi connectivity index (χ1) is 15.0. The molecule has 0 atom stereocenters. The van der Waals surface area contributed by atoms with E-state index >= 15 is 0 Å². The molecule has 0 saturated heterocycles. The van der Waals surface area contributed by atoms with Crippen molar-refractivity contribution in [2.45, 2.75) is 28.9 Å². The predicted octanol–water partition coefficient (Wildman–Crippen LogP) is 3.85. The van der Waals surface area contributed by atoms with Gasteiger partial charge < -0.3 is 9.88 Å². The number of aryl methyl sites for hydroxylation is 1. The van der Waals surface area contributed by atoms with Gasteiger partial charge >= 0.3 is 6.18 Å². The zero-order valence-electron chi connectivity index (χ0n) is 17.0. The van der Waals surface area contributed by atoms with E-state index in [1.807, 2.05) is 6.92 Å². The van der Waals surface area contributed by atoms with Crippen LogP contribution in [0.3, 0.4) is 0 Å². The van der Waals surface area contributed by atoms with E-state index in [1.54, 1.807) is 19.2 Å². The molecular weight excluding hydrogens is 465 g/mol. The number of nitrogens with one attached hydrogen (secondary N) is 1. The molecule has 0 bridgehead atoms. The Morgan fingerprint density at radius 2 is 1.75 bits per heavy atom. The first kappa shape index (κ1) is 23.8. The van der Waals surface area contributed by atoms with E-state index in [2.05, 4.69) is 15.5 Å². The molecule has 3 aromatic rings. The molecule has 12 heteroatoms. The van der Waals surface area contributed by atoms with Crippen molar-refractivity contribution in [2.24, 2.45) is 7.05 Å². The van der Waals surface area contributed by atoms with Gasteiger partial charge in [-0.25, -0.2) is 8.42 Å². The summed E-state index contributed by atoms with van der Waals surface area (Å²) in [6.45, 7) is 1.85. The van der Waals surface area contributed by atoms with Crippen molar-refractivity contribution in [3.05, 3.63) is 65.5 Å². The fourth-order valence-corrected chi connectivity index (χ4v) is 4.79. The van der Waals surface area contributed by atoms with Crippen LogP contribution in [0.25, 0.3) is 0 Å². The molecule has 170 valence electrons. The summed E-state index contributed by atoms with van der Waals surface area (Å²) in [5.41, 5.74) is -0.355. The highest BCUT2D eigenvalue weighted by Gasteiger charge is 2.33. The Morgan fingerprint density at radius 1 is 1.09 bits per heavy atom. The number of carbonyl (C=O) groups is 1. The summed E-state index contributed by atoms with van der Waals surface area (Å²) in [5.74, 6) is -1.10. The number of para-hydroxylation sites is 1. The first-order valence-corrected chi connectivity index (χ1v) is 11.9. The van der Waals surface area contributed by atoms with Crippen LogP contribution in [0.4, 0.5) is 18.9 Å². The normalized spacial score (nSPS) is 12.0. The van der Waals surface area contributed by atoms with Crippen molar-refractivity contribution in [3.8, 4) is 0 Å². The zero-order chi connectivity index (χ0) is 23.5. The largest absolute Gasteiger partial charge is 0.418 e. The van der Waals surface area contributed by atoms with Gasteiger partial charge in [0.15, 0.2) is 15.0 Å². The Hall–Kier alpha value is -2.86. The van der Waals surface area contributed by atoms with Crippen LogP contribution in [0.5, 0.6) is 0 Å². The second-order valence-corrected chi connectivity index (χ2v) is 9.84. The number of carbonyl (C=O) groups excluding carboxylic acids is 1. The van der Waals surface area contributed by atoms with Gasteiger partial charge in [0.25, 0.3) is 0 Å². The number of hydrogen-bond acceptors (Lipinski definition) is 6. The van der Waals surface area contributed by atoms with Gasteiger partial charge in [-0.05, 0) is 31.2 Å². The number of alkyl halides is 3. The van der Waals surface area contributed by atoms with Crippen LogP contribution in [-0.2, 0) is 33.6 Å². The van der Waals surface area contributed by atoms with Crippen LogP contribution < -0.4 is 5.32 Å². The van der Waals surface area contributed by atoms with Crippen molar-refractivity contribution < 1.29 is 26.4 Å². The predicted molar refractivity (Wildman–Crippen MR) is 114 cm³/mol. The van der Waals surface area contributed by atoms with E-state index in [1.165, 1.54) is 34.9 Å². The Bertz CT molecular complexity index is 1220. The van der Waals surface area contributed by atoms with Crippen LogP contribution in [0.1, 0.15) is 17.0 Å². The smallest absolute Gasteiger partial charge is 0.325 e. The Kier molecular flexibility index (Phi) is 6.94. The molecule has 0 radical (unpaired) electrons. The van der Waals surface area contributed by atoms with Crippen LogP contribution in [-0.4, -0.2) is 34.8 Å². The maximum absolute atomic E-state index is 13.1. The molecular formula is C20H19F3N4O3S2. The minimum Gasteiger partial charge on any atom is -0.325 e. The van der Waals surface area contributed by atoms with Gasteiger partial charge in [0.2, 0.25) is 5.91 Å². The van der Waals surface area contributed by atoms with Crippen molar-refractivity contribution in [1.29, 1.82) is 0 Å². The lowest BCUT2D eigenvalue weighted by Crippen LogP contribution is -2.18. The van der Waals surface area contributed by atoms with E-state index in [0.29, 0.717) is 0 Å². The summed E-state index contributed by atoms with van der Waals surface area (Å²) in [7, 11) is -2.09. The molecule has 1 aromatic heterocycles. The average Bonchev–Trinajstić information content (AvgIpc) is 3.05. The Morgan fingerprint density at radius 3 is 2.41 bits per heavy atom. The van der Waals surface area contributed by atoms with E-state index in [0.717, 1.165) is 23.4 Å². The summed E-state index contributed by atoms with van der Waals surface area (Å²) in [4.78, 5) is 12.3. The lowest BCUT2D eigenvalue weighted by Gasteiger charge is -2.13. The molecule has 0 aliphatic carbocycles. The van der Waals surface area contributed by atoms with Gasteiger partial charge in [-0.1, -0.05) is 41.6 Å². The lowest BCUT2D eigenvalue weighted by molar-refractivity contribution is -0.137. The van der Waals surface area contributed by atoms with E-state index in [9.17, 15) is 26.4 Å². The van der Waals surface area contributed by atoms with Gasteiger partial charge in [0, 0.05) is 7.05 Å². The topological polar surface area (TPSA) is 94.0 Å². The van der Waals surface area contributed by atoms with Gasteiger partial charge in [0.05, 0.1) is 21.9 Å². The van der Waals surface area contributed by atoms with Crippen LogP contribution in [0, 0.1) is 6.92 Å². The van der Waals surface area contributed by atoms with Gasteiger partial charge in [-0.2, -0.15) is 13.2 Å². The monoisotopic (exact) mass is 484 g/mol. The third-order valence-electron chi connectivity index (χ3n) is 4.46. The minimum absolute atomic E-state index is 0.156. The number of hydrogen-bond donors (Lipinski definition) is 1. The number of rotatable bonds is 7. The first-order valence-electron chi connectivity index (χ1n) is 9.24. The quantitative estimate of drug-likeness (QED) is 0.512. The van der Waals surface area contributed by atoms with Gasteiger partial charge in [-0.15, -0.1) is 10.2 Å². The SMILES string of the molecule is Cc1ccc(S(=O)(=O)Cc2nnc(SCC(=O)Nc3ccccc3C(F)(F)F)n2C)cc1. The fourth-order valence-electron chi connectivity index (χ4n) is 2.75. The van der Waals surface area contributed by atoms with Gasteiger partial charge in [0.1, 0.15) is 11.6 Å². The molecule has 0 aliphatic heterocycles.